The lowest BCUT2D eigenvalue weighted by Gasteiger charge is -2.06. The van der Waals surface area contributed by atoms with Gasteiger partial charge in [0.25, 0.3) is 0 Å². The highest BCUT2D eigenvalue weighted by Gasteiger charge is 2.14. The molecule has 25 heavy (non-hydrogen) atoms. The molecular formula is C17H15FN4O2S. The van der Waals surface area contributed by atoms with E-state index in [2.05, 4.69) is 15.5 Å². The maximum absolute atomic E-state index is 13.7. The monoisotopic (exact) mass is 358 g/mol. The topological polar surface area (TPSA) is 69.9 Å². The van der Waals surface area contributed by atoms with Gasteiger partial charge in [-0.3, -0.25) is 4.79 Å². The van der Waals surface area contributed by atoms with Crippen molar-refractivity contribution >= 4 is 17.5 Å². The zero-order valence-electron chi connectivity index (χ0n) is 13.6. The standard InChI is InChI=1S/C17H15FN4O2S/c1-11-4-3-5-13(8-11)22-17(19-20-21-22)25-10-15(23)12-6-7-16(24-2)14(18)9-12/h3-9H,10H2,1-2H3. The highest BCUT2D eigenvalue weighted by atomic mass is 32.2. The molecule has 128 valence electrons. The third-order valence-corrected chi connectivity index (χ3v) is 4.41. The summed E-state index contributed by atoms with van der Waals surface area (Å²) in [5.74, 6) is -0.585. The second kappa shape index (κ2) is 7.43. The average Bonchev–Trinajstić information content (AvgIpc) is 3.08. The molecule has 0 bridgehead atoms. The molecule has 0 saturated carbocycles. The molecule has 0 aliphatic rings. The Bertz CT molecular complexity index is 913. The maximum Gasteiger partial charge on any atom is 0.214 e. The minimum Gasteiger partial charge on any atom is -0.494 e. The third kappa shape index (κ3) is 3.85. The van der Waals surface area contributed by atoms with Crippen LogP contribution in [0.2, 0.25) is 0 Å². The van der Waals surface area contributed by atoms with Crippen LogP contribution in [0.5, 0.6) is 5.75 Å². The number of carbonyl (C=O) groups is 1. The number of Topliss-reactive ketones (excluding diaryl/α,β-unsaturated/α-hetero) is 1. The molecule has 0 spiro atoms. The highest BCUT2D eigenvalue weighted by Crippen LogP contribution is 2.22. The number of methoxy groups -OCH3 is 1. The smallest absolute Gasteiger partial charge is 0.214 e. The van der Waals surface area contributed by atoms with Crippen molar-refractivity contribution in [3.05, 3.63) is 59.4 Å². The number of hydrogen-bond acceptors (Lipinski definition) is 6. The molecule has 0 amide bonds. The minimum absolute atomic E-state index is 0.0952. The molecule has 0 aliphatic heterocycles. The first-order chi connectivity index (χ1) is 12.1. The number of hydrogen-bond donors (Lipinski definition) is 0. The van der Waals surface area contributed by atoms with E-state index in [1.807, 2.05) is 31.2 Å². The van der Waals surface area contributed by atoms with E-state index in [0.29, 0.717) is 5.16 Å². The van der Waals surface area contributed by atoms with Gasteiger partial charge >= 0.3 is 0 Å². The minimum atomic E-state index is -0.567. The Kier molecular flexibility index (Phi) is 5.08. The second-order valence-electron chi connectivity index (χ2n) is 5.27. The van der Waals surface area contributed by atoms with Gasteiger partial charge in [-0.1, -0.05) is 23.9 Å². The first-order valence-electron chi connectivity index (χ1n) is 7.43. The summed E-state index contributed by atoms with van der Waals surface area (Å²) in [6.45, 7) is 1.97. The Balaban J connectivity index is 1.73. The molecule has 1 heterocycles. The predicted molar refractivity (Wildman–Crippen MR) is 91.9 cm³/mol. The van der Waals surface area contributed by atoms with Crippen molar-refractivity contribution in [3.63, 3.8) is 0 Å². The van der Waals surface area contributed by atoms with Gasteiger partial charge in [0.15, 0.2) is 17.3 Å². The molecule has 0 saturated heterocycles. The first-order valence-corrected chi connectivity index (χ1v) is 8.42. The van der Waals surface area contributed by atoms with Gasteiger partial charge in [0.05, 0.1) is 18.6 Å². The van der Waals surface area contributed by atoms with Crippen LogP contribution in [-0.4, -0.2) is 38.9 Å². The summed E-state index contributed by atoms with van der Waals surface area (Å²) in [5.41, 5.74) is 2.17. The van der Waals surface area contributed by atoms with Gasteiger partial charge in [-0.15, -0.1) is 5.10 Å². The average molecular weight is 358 g/mol. The van der Waals surface area contributed by atoms with Crippen LogP contribution >= 0.6 is 11.8 Å². The molecule has 1 aromatic heterocycles. The Morgan fingerprint density at radius 2 is 2.12 bits per heavy atom. The molecule has 6 nitrogen and oxygen atoms in total. The van der Waals surface area contributed by atoms with Gasteiger partial charge < -0.3 is 4.74 Å². The number of benzene rings is 2. The molecule has 3 aromatic rings. The summed E-state index contributed by atoms with van der Waals surface area (Å²) in [7, 11) is 1.38. The van der Waals surface area contributed by atoms with E-state index in [-0.39, 0.29) is 22.8 Å². The quantitative estimate of drug-likeness (QED) is 0.498. The van der Waals surface area contributed by atoms with Gasteiger partial charge in [0.2, 0.25) is 5.16 Å². The van der Waals surface area contributed by atoms with Gasteiger partial charge in [-0.2, -0.15) is 4.68 Å². The second-order valence-corrected chi connectivity index (χ2v) is 6.22. The normalized spacial score (nSPS) is 10.7. The van der Waals surface area contributed by atoms with Crippen molar-refractivity contribution in [2.24, 2.45) is 0 Å². The Labute approximate surface area is 148 Å². The fraction of sp³-hybridized carbons (Fsp3) is 0.176. The molecule has 0 N–H and O–H groups in total. The van der Waals surface area contributed by atoms with Gasteiger partial charge in [-0.25, -0.2) is 4.39 Å². The summed E-state index contributed by atoms with van der Waals surface area (Å²) in [5, 5.41) is 12.1. The number of nitrogens with zero attached hydrogens (tertiary/aromatic N) is 4. The predicted octanol–water partition coefficient (Wildman–Crippen LogP) is 3.09. The van der Waals surface area contributed by atoms with E-state index < -0.39 is 5.82 Å². The van der Waals surface area contributed by atoms with Crippen LogP contribution in [0, 0.1) is 12.7 Å². The van der Waals surface area contributed by atoms with Crippen molar-refractivity contribution in [1.29, 1.82) is 0 Å². The Hall–Kier alpha value is -2.74. The number of ketones is 1. The Morgan fingerprint density at radius 3 is 2.84 bits per heavy atom. The van der Waals surface area contributed by atoms with Gasteiger partial charge in [0, 0.05) is 5.56 Å². The van der Waals surface area contributed by atoms with Crippen LogP contribution in [0.15, 0.2) is 47.6 Å². The highest BCUT2D eigenvalue weighted by molar-refractivity contribution is 7.99. The number of rotatable bonds is 6. The molecule has 3 rings (SSSR count). The van der Waals surface area contributed by atoms with Crippen molar-refractivity contribution < 1.29 is 13.9 Å². The van der Waals surface area contributed by atoms with E-state index in [4.69, 9.17) is 4.74 Å². The number of thioether (sulfide) groups is 1. The van der Waals surface area contributed by atoms with Crippen molar-refractivity contribution in [3.8, 4) is 11.4 Å². The number of halogens is 1. The van der Waals surface area contributed by atoms with E-state index in [0.717, 1.165) is 11.3 Å². The van der Waals surface area contributed by atoms with Gasteiger partial charge in [0.1, 0.15) is 0 Å². The number of ether oxygens (including phenoxy) is 1. The summed E-state index contributed by atoms with van der Waals surface area (Å²) in [6.07, 6.45) is 0. The van der Waals surface area contributed by atoms with Crippen LogP contribution in [0.4, 0.5) is 4.39 Å². The zero-order valence-corrected chi connectivity index (χ0v) is 14.5. The number of carbonyl (C=O) groups excluding carboxylic acids is 1. The summed E-state index contributed by atoms with van der Waals surface area (Å²) in [4.78, 5) is 12.3. The summed E-state index contributed by atoms with van der Waals surface area (Å²) >= 11 is 1.20. The van der Waals surface area contributed by atoms with E-state index in [1.54, 1.807) is 4.68 Å². The largest absolute Gasteiger partial charge is 0.494 e. The fourth-order valence-corrected chi connectivity index (χ4v) is 3.03. The number of aryl methyl sites for hydroxylation is 1. The molecule has 0 aliphatic carbocycles. The molecule has 8 heteroatoms. The third-order valence-electron chi connectivity index (χ3n) is 3.49. The lowest BCUT2D eigenvalue weighted by Crippen LogP contribution is -2.06. The lowest BCUT2D eigenvalue weighted by molar-refractivity contribution is 0.102. The van der Waals surface area contributed by atoms with Crippen LogP contribution in [0.1, 0.15) is 15.9 Å². The van der Waals surface area contributed by atoms with E-state index in [9.17, 15) is 9.18 Å². The van der Waals surface area contributed by atoms with Crippen molar-refractivity contribution in [2.45, 2.75) is 12.1 Å². The fourth-order valence-electron chi connectivity index (χ4n) is 2.24. The van der Waals surface area contributed by atoms with E-state index >= 15 is 0 Å². The van der Waals surface area contributed by atoms with Crippen molar-refractivity contribution in [2.75, 3.05) is 12.9 Å². The number of aromatic nitrogens is 4. The maximum atomic E-state index is 13.7. The zero-order chi connectivity index (χ0) is 17.8. The van der Waals surface area contributed by atoms with Crippen LogP contribution in [0.3, 0.4) is 0 Å². The van der Waals surface area contributed by atoms with Gasteiger partial charge in [-0.05, 0) is 53.2 Å². The summed E-state index contributed by atoms with van der Waals surface area (Å²) in [6, 6.07) is 11.9. The van der Waals surface area contributed by atoms with Crippen LogP contribution < -0.4 is 4.74 Å². The molecule has 0 fully saturated rings. The lowest BCUT2D eigenvalue weighted by atomic mass is 10.1. The molecule has 0 radical (unpaired) electrons. The molecule has 0 atom stereocenters. The Morgan fingerprint density at radius 1 is 1.28 bits per heavy atom. The summed E-state index contributed by atoms with van der Waals surface area (Å²) < 4.78 is 20.1. The van der Waals surface area contributed by atoms with E-state index in [1.165, 1.54) is 37.1 Å². The first kappa shape index (κ1) is 17.1. The van der Waals surface area contributed by atoms with Crippen LogP contribution in [-0.2, 0) is 0 Å². The molecule has 0 unspecified atom stereocenters. The molecule has 2 aromatic carbocycles. The van der Waals surface area contributed by atoms with Crippen LogP contribution in [0.25, 0.3) is 5.69 Å². The number of tetrazole rings is 1. The SMILES string of the molecule is COc1ccc(C(=O)CSc2nnnn2-c2cccc(C)c2)cc1F. The molecular weight excluding hydrogens is 343 g/mol. The van der Waals surface area contributed by atoms with Crippen molar-refractivity contribution in [1.82, 2.24) is 20.2 Å².